The highest BCUT2D eigenvalue weighted by atomic mass is 16.5. The molecule has 0 amide bonds. The number of anilines is 2. The summed E-state index contributed by atoms with van der Waals surface area (Å²) in [7, 11) is 10.3. The Morgan fingerprint density at radius 2 is 1.92 bits per heavy atom. The number of nitrogen functional groups attached to an aromatic ring is 1. The van der Waals surface area contributed by atoms with E-state index in [1.54, 1.807) is 4.90 Å². The van der Waals surface area contributed by atoms with Crippen LogP contribution in [-0.4, -0.2) is 56.5 Å². The van der Waals surface area contributed by atoms with Gasteiger partial charge in [0.2, 0.25) is 11.7 Å². The molecule has 0 saturated carbocycles. The van der Waals surface area contributed by atoms with Gasteiger partial charge in [-0.1, -0.05) is 0 Å². The van der Waals surface area contributed by atoms with Gasteiger partial charge in [0, 0.05) is 5.59 Å². The highest BCUT2D eigenvalue weighted by Crippen LogP contribution is 2.39. The van der Waals surface area contributed by atoms with Crippen LogP contribution < -0.4 is 30.4 Å². The molecule has 0 bridgehead atoms. The fourth-order valence-electron chi connectivity index (χ4n) is 2.78. The molecule has 0 atom stereocenters. The van der Waals surface area contributed by atoms with Crippen LogP contribution in [0, 0.1) is 0 Å². The third kappa shape index (κ3) is 2.79. The van der Waals surface area contributed by atoms with Gasteiger partial charge in [-0.3, -0.25) is 9.78 Å². The molecule has 1 aliphatic rings. The van der Waals surface area contributed by atoms with Gasteiger partial charge < -0.3 is 24.8 Å². The lowest BCUT2D eigenvalue weighted by molar-refractivity contribution is 0.101. The largest absolute Gasteiger partial charge is 0.491 e. The zero-order valence-electron chi connectivity index (χ0n) is 14.1. The molecular formula is C15H16BN5O4. The SMILES string of the molecule is [B]c1nc(N)nc2c1C(=O)CN2Cc1ncc(OC)c(OC)c1OC. The molecule has 10 heteroatoms. The molecule has 25 heavy (non-hydrogen) atoms. The molecule has 1 aliphatic heterocycles. The molecule has 9 nitrogen and oxygen atoms in total. The van der Waals surface area contributed by atoms with E-state index < -0.39 is 0 Å². The Hall–Kier alpha value is -3.04. The molecule has 0 aliphatic carbocycles. The molecule has 0 unspecified atom stereocenters. The van der Waals surface area contributed by atoms with Crippen LogP contribution in [0.3, 0.4) is 0 Å². The summed E-state index contributed by atoms with van der Waals surface area (Å²) in [5.74, 6) is 1.49. The minimum absolute atomic E-state index is 0.00295. The molecule has 2 radical (unpaired) electrons. The fraction of sp³-hybridized carbons (Fsp3) is 0.333. The van der Waals surface area contributed by atoms with Crippen LogP contribution in [0.2, 0.25) is 0 Å². The Morgan fingerprint density at radius 3 is 2.56 bits per heavy atom. The number of methoxy groups -OCH3 is 3. The van der Waals surface area contributed by atoms with E-state index in [9.17, 15) is 4.79 Å². The molecular weight excluding hydrogens is 325 g/mol. The van der Waals surface area contributed by atoms with Crippen molar-refractivity contribution < 1.29 is 19.0 Å². The van der Waals surface area contributed by atoms with E-state index in [1.165, 1.54) is 27.5 Å². The standard InChI is InChI=1S/C15H16BN5O4/c1-23-9-4-18-7(11(24-2)12(9)25-3)5-21-6-8(22)10-13(16)19-15(17)20-14(10)21/h4H,5-6H2,1-3H3,(H2,17,19,20). The summed E-state index contributed by atoms with van der Waals surface area (Å²) in [6, 6.07) is 0. The van der Waals surface area contributed by atoms with Gasteiger partial charge in [-0.15, -0.1) is 0 Å². The van der Waals surface area contributed by atoms with Gasteiger partial charge in [-0.25, -0.2) is 4.98 Å². The average molecular weight is 341 g/mol. The van der Waals surface area contributed by atoms with Gasteiger partial charge in [-0.2, -0.15) is 4.98 Å². The molecule has 0 saturated heterocycles. The zero-order chi connectivity index (χ0) is 18.1. The summed E-state index contributed by atoms with van der Waals surface area (Å²) in [5.41, 5.74) is 6.55. The first-order valence-corrected chi connectivity index (χ1v) is 7.35. The number of carbonyl (C=O) groups is 1. The van der Waals surface area contributed by atoms with Gasteiger partial charge in [0.25, 0.3) is 0 Å². The second-order valence-electron chi connectivity index (χ2n) is 5.28. The summed E-state index contributed by atoms with van der Waals surface area (Å²) in [5, 5.41) is 0. The van der Waals surface area contributed by atoms with E-state index in [2.05, 4.69) is 15.0 Å². The van der Waals surface area contributed by atoms with Crippen LogP contribution >= 0.6 is 0 Å². The second-order valence-corrected chi connectivity index (χ2v) is 5.28. The van der Waals surface area contributed by atoms with Crippen molar-refractivity contribution in [3.8, 4) is 17.2 Å². The van der Waals surface area contributed by atoms with Crippen LogP contribution in [-0.2, 0) is 6.54 Å². The predicted octanol–water partition coefficient (Wildman–Crippen LogP) is -0.524. The van der Waals surface area contributed by atoms with Crippen molar-refractivity contribution >= 4 is 31.0 Å². The van der Waals surface area contributed by atoms with Gasteiger partial charge in [0.05, 0.1) is 46.2 Å². The summed E-state index contributed by atoms with van der Waals surface area (Å²) < 4.78 is 16.0. The van der Waals surface area contributed by atoms with Crippen LogP contribution in [0.5, 0.6) is 17.2 Å². The van der Waals surface area contributed by atoms with E-state index in [0.717, 1.165) is 0 Å². The van der Waals surface area contributed by atoms with Crippen molar-refractivity contribution in [1.29, 1.82) is 0 Å². The van der Waals surface area contributed by atoms with E-state index in [-0.39, 0.29) is 36.0 Å². The molecule has 2 aromatic rings. The smallest absolute Gasteiger partial charge is 0.221 e. The van der Waals surface area contributed by atoms with Crippen molar-refractivity contribution in [1.82, 2.24) is 15.0 Å². The molecule has 3 rings (SSSR count). The minimum atomic E-state index is -0.174. The lowest BCUT2D eigenvalue weighted by Crippen LogP contribution is -2.24. The minimum Gasteiger partial charge on any atom is -0.491 e. The number of nitrogens with zero attached hydrogens (tertiary/aromatic N) is 4. The summed E-state index contributed by atoms with van der Waals surface area (Å²) in [4.78, 5) is 26.3. The van der Waals surface area contributed by atoms with Crippen molar-refractivity contribution in [2.24, 2.45) is 0 Å². The van der Waals surface area contributed by atoms with Crippen molar-refractivity contribution in [2.45, 2.75) is 6.54 Å². The molecule has 0 aromatic carbocycles. The quantitative estimate of drug-likeness (QED) is 0.718. The van der Waals surface area contributed by atoms with Gasteiger partial charge in [0.15, 0.2) is 17.3 Å². The Bertz CT molecular complexity index is 845. The van der Waals surface area contributed by atoms with E-state index >= 15 is 0 Å². The van der Waals surface area contributed by atoms with E-state index in [4.69, 9.17) is 27.8 Å². The number of aromatic nitrogens is 3. The first-order chi connectivity index (χ1) is 12.0. The molecule has 3 heterocycles. The first kappa shape index (κ1) is 16.8. The number of Topliss-reactive ketones (excluding diaryl/α,β-unsaturated/α-hetero) is 1. The highest BCUT2D eigenvalue weighted by molar-refractivity contribution is 6.37. The second kappa shape index (κ2) is 6.46. The summed E-state index contributed by atoms with van der Waals surface area (Å²) in [6.45, 7) is 0.342. The van der Waals surface area contributed by atoms with E-state index in [0.29, 0.717) is 28.8 Å². The van der Waals surface area contributed by atoms with Crippen LogP contribution in [0.4, 0.5) is 11.8 Å². The Labute approximate surface area is 145 Å². The van der Waals surface area contributed by atoms with Crippen molar-refractivity contribution in [3.05, 3.63) is 17.5 Å². The molecule has 128 valence electrons. The first-order valence-electron chi connectivity index (χ1n) is 7.35. The normalized spacial score (nSPS) is 12.9. The maximum Gasteiger partial charge on any atom is 0.221 e. The Kier molecular flexibility index (Phi) is 4.34. The fourth-order valence-corrected chi connectivity index (χ4v) is 2.78. The molecule has 0 spiro atoms. The summed E-state index contributed by atoms with van der Waals surface area (Å²) >= 11 is 0. The number of nitrogens with two attached hydrogens (primary N) is 1. The topological polar surface area (TPSA) is 113 Å². The van der Waals surface area contributed by atoms with E-state index in [1.807, 2.05) is 0 Å². The maximum absolute atomic E-state index is 12.2. The number of carbonyl (C=O) groups excluding carboxylic acids is 1. The number of hydrogen-bond acceptors (Lipinski definition) is 9. The van der Waals surface area contributed by atoms with Gasteiger partial charge in [0.1, 0.15) is 19.4 Å². The monoisotopic (exact) mass is 341 g/mol. The van der Waals surface area contributed by atoms with Gasteiger partial charge >= 0.3 is 0 Å². The van der Waals surface area contributed by atoms with Crippen molar-refractivity contribution in [2.75, 3.05) is 38.5 Å². The van der Waals surface area contributed by atoms with Crippen molar-refractivity contribution in [3.63, 3.8) is 0 Å². The molecule has 0 fully saturated rings. The Morgan fingerprint density at radius 1 is 1.20 bits per heavy atom. The average Bonchev–Trinajstić information content (AvgIpc) is 2.89. The number of ketones is 1. The summed E-state index contributed by atoms with van der Waals surface area (Å²) in [6.07, 6.45) is 1.53. The molecule has 2 N–H and O–H groups in total. The number of pyridine rings is 1. The maximum atomic E-state index is 12.2. The zero-order valence-corrected chi connectivity index (χ0v) is 14.1. The molecule has 2 aromatic heterocycles. The number of fused-ring (bicyclic) bond motifs is 1. The number of ether oxygens (including phenoxy) is 3. The third-order valence-electron chi connectivity index (χ3n) is 3.85. The highest BCUT2D eigenvalue weighted by Gasteiger charge is 2.32. The Balaban J connectivity index is 2.02. The number of rotatable bonds is 5. The van der Waals surface area contributed by atoms with Crippen LogP contribution in [0.1, 0.15) is 16.1 Å². The lowest BCUT2D eigenvalue weighted by atomic mass is 9.97. The van der Waals surface area contributed by atoms with Gasteiger partial charge in [-0.05, 0) is 0 Å². The third-order valence-corrected chi connectivity index (χ3v) is 3.85. The van der Waals surface area contributed by atoms with Crippen LogP contribution in [0.15, 0.2) is 6.20 Å². The lowest BCUT2D eigenvalue weighted by Gasteiger charge is -2.20. The number of hydrogen-bond donors (Lipinski definition) is 1. The predicted molar refractivity (Wildman–Crippen MR) is 91.1 cm³/mol. The van der Waals surface area contributed by atoms with Crippen LogP contribution in [0.25, 0.3) is 0 Å².